The quantitative estimate of drug-likeness (QED) is 0.766. The summed E-state index contributed by atoms with van der Waals surface area (Å²) >= 11 is 5.61. The van der Waals surface area contributed by atoms with Crippen LogP contribution in [0, 0.1) is 0 Å². The van der Waals surface area contributed by atoms with Crippen molar-refractivity contribution >= 4 is 23.4 Å². The summed E-state index contributed by atoms with van der Waals surface area (Å²) in [5.41, 5.74) is 0.964. The molecule has 1 aromatic rings. The van der Waals surface area contributed by atoms with Gasteiger partial charge in [-0.25, -0.2) is 0 Å². The molecule has 0 spiro atoms. The number of amides is 2. The minimum absolute atomic E-state index is 0.0182. The molecule has 0 aliphatic carbocycles. The highest BCUT2D eigenvalue weighted by molar-refractivity contribution is 6.18. The number of piperidine rings is 1. The van der Waals surface area contributed by atoms with E-state index in [4.69, 9.17) is 16.3 Å². The Balaban J connectivity index is 1.74. The highest BCUT2D eigenvalue weighted by Gasteiger charge is 2.23. The summed E-state index contributed by atoms with van der Waals surface area (Å²) in [6.45, 7) is 3.94. The number of nitrogens with one attached hydrogen (secondary N) is 1. The first-order valence-corrected chi connectivity index (χ1v) is 9.00. The topological polar surface area (TPSA) is 58.6 Å². The second-order valence-electron chi connectivity index (χ2n) is 5.92. The lowest BCUT2D eigenvalue weighted by Gasteiger charge is -2.32. The Morgan fingerprint density at radius 1 is 1.25 bits per heavy atom. The fraction of sp³-hybridized carbons (Fsp3) is 0.556. The number of nitrogens with zero attached hydrogens (tertiary/aromatic N) is 1. The number of halogens is 1. The second kappa shape index (κ2) is 9.52. The fourth-order valence-electron chi connectivity index (χ4n) is 2.85. The van der Waals surface area contributed by atoms with Gasteiger partial charge in [-0.15, -0.1) is 11.6 Å². The van der Waals surface area contributed by atoms with Crippen LogP contribution in [0.1, 0.15) is 31.7 Å². The number of ether oxygens (including phenoxy) is 1. The van der Waals surface area contributed by atoms with Gasteiger partial charge in [-0.1, -0.05) is 12.1 Å². The molecule has 1 aliphatic rings. The Morgan fingerprint density at radius 3 is 2.50 bits per heavy atom. The van der Waals surface area contributed by atoms with Gasteiger partial charge >= 0.3 is 0 Å². The fourth-order valence-corrected chi connectivity index (χ4v) is 3.01. The molecular formula is C18H25ClN2O3. The molecule has 0 unspecified atom stereocenters. The first-order chi connectivity index (χ1) is 11.6. The van der Waals surface area contributed by atoms with Crippen LogP contribution in [0.3, 0.4) is 0 Å². The minimum atomic E-state index is 0.0182. The normalized spacial score (nSPS) is 15.2. The second-order valence-corrected chi connectivity index (χ2v) is 6.29. The maximum Gasteiger partial charge on any atom is 0.224 e. The monoisotopic (exact) mass is 352 g/mol. The van der Waals surface area contributed by atoms with Crippen LogP contribution in [0.15, 0.2) is 24.3 Å². The summed E-state index contributed by atoms with van der Waals surface area (Å²) in [7, 11) is 0. The summed E-state index contributed by atoms with van der Waals surface area (Å²) in [6, 6.07) is 7.73. The molecule has 1 aliphatic heterocycles. The van der Waals surface area contributed by atoms with Crippen LogP contribution < -0.4 is 10.1 Å². The number of carbonyl (C=O) groups is 2. The van der Waals surface area contributed by atoms with Crippen LogP contribution in [0.4, 0.5) is 0 Å². The predicted octanol–water partition coefficient (Wildman–Crippen LogP) is 2.36. The number of hydrogen-bond acceptors (Lipinski definition) is 3. The van der Waals surface area contributed by atoms with Gasteiger partial charge in [-0.3, -0.25) is 9.59 Å². The van der Waals surface area contributed by atoms with Gasteiger partial charge in [0.15, 0.2) is 0 Å². The summed E-state index contributed by atoms with van der Waals surface area (Å²) in [5.74, 6) is 1.29. The zero-order valence-electron chi connectivity index (χ0n) is 14.1. The SMILES string of the molecule is CCOc1ccc(CC(=O)NC2CCN(C(=O)CCCl)CC2)cc1. The molecule has 1 heterocycles. The number of hydrogen-bond donors (Lipinski definition) is 1. The molecule has 0 bridgehead atoms. The van der Waals surface area contributed by atoms with Crippen molar-refractivity contribution < 1.29 is 14.3 Å². The molecule has 2 rings (SSSR count). The standard InChI is InChI=1S/C18H25ClN2O3/c1-2-24-16-5-3-14(4-6-16)13-17(22)20-15-8-11-21(12-9-15)18(23)7-10-19/h3-6,15H,2,7-13H2,1H3,(H,20,22). The Morgan fingerprint density at radius 2 is 1.92 bits per heavy atom. The van der Waals surface area contributed by atoms with E-state index in [1.807, 2.05) is 36.1 Å². The van der Waals surface area contributed by atoms with Crippen LogP contribution in [-0.2, 0) is 16.0 Å². The molecule has 132 valence electrons. The number of likely N-dealkylation sites (tertiary alicyclic amines) is 1. The summed E-state index contributed by atoms with van der Waals surface area (Å²) in [6.07, 6.45) is 2.33. The molecule has 2 amide bonds. The van der Waals surface area contributed by atoms with E-state index in [1.54, 1.807) is 0 Å². The van der Waals surface area contributed by atoms with Gasteiger partial charge in [0.1, 0.15) is 5.75 Å². The van der Waals surface area contributed by atoms with Crippen LogP contribution in [-0.4, -0.2) is 48.3 Å². The molecule has 0 radical (unpaired) electrons. The molecule has 0 aromatic heterocycles. The average molecular weight is 353 g/mol. The molecule has 6 heteroatoms. The number of rotatable bonds is 7. The highest BCUT2D eigenvalue weighted by Crippen LogP contribution is 2.14. The smallest absolute Gasteiger partial charge is 0.224 e. The van der Waals surface area contributed by atoms with E-state index in [9.17, 15) is 9.59 Å². The Labute approximate surface area is 148 Å². The zero-order chi connectivity index (χ0) is 17.4. The van der Waals surface area contributed by atoms with Crippen LogP contribution >= 0.6 is 11.6 Å². The molecular weight excluding hydrogens is 328 g/mol. The Hall–Kier alpha value is -1.75. The number of carbonyl (C=O) groups excluding carboxylic acids is 2. The van der Waals surface area contributed by atoms with Crippen molar-refractivity contribution in [3.05, 3.63) is 29.8 Å². The van der Waals surface area contributed by atoms with Gasteiger partial charge in [-0.05, 0) is 37.5 Å². The number of benzene rings is 1. The van der Waals surface area contributed by atoms with Crippen molar-refractivity contribution in [1.82, 2.24) is 10.2 Å². The number of alkyl halides is 1. The van der Waals surface area contributed by atoms with E-state index in [1.165, 1.54) is 0 Å². The van der Waals surface area contributed by atoms with Crippen molar-refractivity contribution in [3.63, 3.8) is 0 Å². The van der Waals surface area contributed by atoms with E-state index in [2.05, 4.69) is 5.32 Å². The maximum absolute atomic E-state index is 12.2. The summed E-state index contributed by atoms with van der Waals surface area (Å²) in [4.78, 5) is 25.8. The summed E-state index contributed by atoms with van der Waals surface area (Å²) < 4.78 is 5.39. The first-order valence-electron chi connectivity index (χ1n) is 8.47. The molecule has 5 nitrogen and oxygen atoms in total. The van der Waals surface area contributed by atoms with E-state index < -0.39 is 0 Å². The molecule has 1 saturated heterocycles. The lowest BCUT2D eigenvalue weighted by atomic mass is 10.0. The summed E-state index contributed by atoms with van der Waals surface area (Å²) in [5, 5.41) is 3.06. The van der Waals surface area contributed by atoms with Gasteiger partial charge in [0.25, 0.3) is 0 Å². The van der Waals surface area contributed by atoms with Crippen molar-refractivity contribution in [2.75, 3.05) is 25.6 Å². The Bertz CT molecular complexity index is 540. The molecule has 0 atom stereocenters. The van der Waals surface area contributed by atoms with E-state index >= 15 is 0 Å². The maximum atomic E-state index is 12.2. The molecule has 0 saturated carbocycles. The van der Waals surface area contributed by atoms with E-state index in [-0.39, 0.29) is 17.9 Å². The van der Waals surface area contributed by atoms with Crippen molar-refractivity contribution in [2.45, 2.75) is 38.6 Å². The van der Waals surface area contributed by atoms with Gasteiger partial charge in [0, 0.05) is 31.4 Å². The molecule has 1 N–H and O–H groups in total. The lowest BCUT2D eigenvalue weighted by Crippen LogP contribution is -2.46. The van der Waals surface area contributed by atoms with Crippen LogP contribution in [0.25, 0.3) is 0 Å². The van der Waals surface area contributed by atoms with Gasteiger partial charge in [0.2, 0.25) is 11.8 Å². The molecule has 1 aromatic carbocycles. The van der Waals surface area contributed by atoms with Crippen LogP contribution in [0.5, 0.6) is 5.75 Å². The van der Waals surface area contributed by atoms with Gasteiger partial charge in [-0.2, -0.15) is 0 Å². The predicted molar refractivity (Wildman–Crippen MR) is 94.4 cm³/mol. The van der Waals surface area contributed by atoms with Gasteiger partial charge < -0.3 is 15.0 Å². The van der Waals surface area contributed by atoms with E-state index in [0.717, 1.165) is 24.2 Å². The first kappa shape index (κ1) is 18.6. The largest absolute Gasteiger partial charge is 0.494 e. The minimum Gasteiger partial charge on any atom is -0.494 e. The van der Waals surface area contributed by atoms with Crippen LogP contribution in [0.2, 0.25) is 0 Å². The van der Waals surface area contributed by atoms with E-state index in [0.29, 0.717) is 38.4 Å². The van der Waals surface area contributed by atoms with Crippen molar-refractivity contribution in [2.24, 2.45) is 0 Å². The third-order valence-electron chi connectivity index (χ3n) is 4.12. The third kappa shape index (κ3) is 5.71. The van der Waals surface area contributed by atoms with Crippen molar-refractivity contribution in [1.29, 1.82) is 0 Å². The molecule has 24 heavy (non-hydrogen) atoms. The Kier molecular flexibility index (Phi) is 7.37. The third-order valence-corrected chi connectivity index (χ3v) is 4.31. The van der Waals surface area contributed by atoms with Gasteiger partial charge in [0.05, 0.1) is 13.0 Å². The molecule has 1 fully saturated rings. The zero-order valence-corrected chi connectivity index (χ0v) is 14.8. The lowest BCUT2D eigenvalue weighted by molar-refractivity contribution is -0.132. The van der Waals surface area contributed by atoms with Crippen molar-refractivity contribution in [3.8, 4) is 5.75 Å². The highest BCUT2D eigenvalue weighted by atomic mass is 35.5. The average Bonchev–Trinajstić information content (AvgIpc) is 2.58.